The van der Waals surface area contributed by atoms with Crippen LogP contribution in [0.5, 0.6) is 0 Å². The van der Waals surface area contributed by atoms with Crippen molar-refractivity contribution in [3.63, 3.8) is 0 Å². The predicted molar refractivity (Wildman–Crippen MR) is 44.8 cm³/mol. The van der Waals surface area contributed by atoms with E-state index in [2.05, 4.69) is 5.10 Å². The molecule has 12 heavy (non-hydrogen) atoms. The van der Waals surface area contributed by atoms with Crippen LogP contribution in [0.25, 0.3) is 0 Å². The van der Waals surface area contributed by atoms with Gasteiger partial charge in [-0.2, -0.15) is 5.10 Å². The standard InChI is InChI=1S/C8H14N2O2/c1-7-3-4-10(9-7)5-8(11)6-12-2/h3-4,8,11H,5-6H2,1-2H3. The van der Waals surface area contributed by atoms with Gasteiger partial charge < -0.3 is 9.84 Å². The minimum Gasteiger partial charge on any atom is -0.389 e. The van der Waals surface area contributed by atoms with Crippen molar-refractivity contribution in [3.05, 3.63) is 18.0 Å². The van der Waals surface area contributed by atoms with Crippen LogP contribution in [0.3, 0.4) is 0 Å². The molecule has 0 radical (unpaired) electrons. The minimum absolute atomic E-state index is 0.346. The van der Waals surface area contributed by atoms with Crippen LogP contribution in [-0.4, -0.2) is 34.7 Å². The van der Waals surface area contributed by atoms with Gasteiger partial charge in [0.05, 0.1) is 24.9 Å². The third-order valence-electron chi connectivity index (χ3n) is 1.53. The molecule has 0 amide bonds. The number of rotatable bonds is 4. The fraction of sp³-hybridized carbons (Fsp3) is 0.625. The van der Waals surface area contributed by atoms with Gasteiger partial charge in [0, 0.05) is 13.3 Å². The van der Waals surface area contributed by atoms with Gasteiger partial charge in [-0.15, -0.1) is 0 Å². The Morgan fingerprint density at radius 3 is 3.00 bits per heavy atom. The lowest BCUT2D eigenvalue weighted by atomic mass is 10.4. The molecule has 4 heteroatoms. The molecule has 0 aliphatic rings. The molecule has 0 aliphatic carbocycles. The Bertz CT molecular complexity index is 235. The molecule has 0 aliphatic heterocycles. The van der Waals surface area contributed by atoms with Gasteiger partial charge in [-0.25, -0.2) is 0 Å². The Labute approximate surface area is 71.8 Å². The van der Waals surface area contributed by atoms with Crippen molar-refractivity contribution in [1.82, 2.24) is 9.78 Å². The first-order chi connectivity index (χ1) is 5.72. The Morgan fingerprint density at radius 2 is 2.50 bits per heavy atom. The van der Waals surface area contributed by atoms with E-state index in [0.717, 1.165) is 5.69 Å². The van der Waals surface area contributed by atoms with Gasteiger partial charge in [-0.3, -0.25) is 4.68 Å². The molecule has 1 aromatic heterocycles. The molecule has 0 saturated carbocycles. The van der Waals surface area contributed by atoms with Crippen molar-refractivity contribution in [2.75, 3.05) is 13.7 Å². The van der Waals surface area contributed by atoms with E-state index in [4.69, 9.17) is 4.74 Å². The number of hydrogen-bond donors (Lipinski definition) is 1. The summed E-state index contributed by atoms with van der Waals surface area (Å²) in [6, 6.07) is 1.90. The Kier molecular flexibility index (Phi) is 3.25. The molecule has 0 saturated heterocycles. The molecule has 0 spiro atoms. The van der Waals surface area contributed by atoms with Crippen molar-refractivity contribution in [2.24, 2.45) is 0 Å². The number of aromatic nitrogens is 2. The van der Waals surface area contributed by atoms with Crippen molar-refractivity contribution < 1.29 is 9.84 Å². The van der Waals surface area contributed by atoms with Crippen LogP contribution >= 0.6 is 0 Å². The lowest BCUT2D eigenvalue weighted by Crippen LogP contribution is -2.21. The lowest BCUT2D eigenvalue weighted by Gasteiger charge is -2.08. The first kappa shape index (κ1) is 9.22. The number of nitrogens with zero attached hydrogens (tertiary/aromatic N) is 2. The van der Waals surface area contributed by atoms with E-state index < -0.39 is 6.10 Å². The Morgan fingerprint density at radius 1 is 1.75 bits per heavy atom. The maximum absolute atomic E-state index is 9.33. The van der Waals surface area contributed by atoms with Gasteiger partial charge in [-0.1, -0.05) is 0 Å². The van der Waals surface area contributed by atoms with E-state index in [0.29, 0.717) is 13.2 Å². The van der Waals surface area contributed by atoms with Crippen molar-refractivity contribution in [2.45, 2.75) is 19.6 Å². The van der Waals surface area contributed by atoms with E-state index in [1.54, 1.807) is 11.8 Å². The molecule has 1 unspecified atom stereocenters. The van der Waals surface area contributed by atoms with Crippen LogP contribution < -0.4 is 0 Å². The summed E-state index contributed by atoms with van der Waals surface area (Å²) >= 11 is 0. The molecular formula is C8H14N2O2. The fourth-order valence-corrected chi connectivity index (χ4v) is 1.03. The second kappa shape index (κ2) is 4.23. The highest BCUT2D eigenvalue weighted by Gasteiger charge is 2.04. The molecule has 0 aromatic carbocycles. The molecule has 1 atom stereocenters. The molecule has 0 fully saturated rings. The van der Waals surface area contributed by atoms with Crippen LogP contribution in [0.1, 0.15) is 5.69 Å². The van der Waals surface area contributed by atoms with E-state index in [-0.39, 0.29) is 0 Å². The van der Waals surface area contributed by atoms with E-state index in [1.807, 2.05) is 19.2 Å². The summed E-state index contributed by atoms with van der Waals surface area (Å²) in [5.74, 6) is 0. The lowest BCUT2D eigenvalue weighted by molar-refractivity contribution is 0.0513. The van der Waals surface area contributed by atoms with Gasteiger partial charge in [0.25, 0.3) is 0 Å². The third-order valence-corrected chi connectivity index (χ3v) is 1.53. The number of aliphatic hydroxyl groups is 1. The molecule has 0 bridgehead atoms. The van der Waals surface area contributed by atoms with Crippen molar-refractivity contribution in [1.29, 1.82) is 0 Å². The van der Waals surface area contributed by atoms with Crippen molar-refractivity contribution in [3.8, 4) is 0 Å². The molecule has 1 rings (SSSR count). The molecule has 68 valence electrons. The molecular weight excluding hydrogens is 156 g/mol. The second-order valence-corrected chi connectivity index (χ2v) is 2.79. The zero-order chi connectivity index (χ0) is 8.97. The SMILES string of the molecule is COCC(O)Cn1ccc(C)n1. The average molecular weight is 170 g/mol. The number of aryl methyl sites for hydroxylation is 1. The summed E-state index contributed by atoms with van der Waals surface area (Å²) in [4.78, 5) is 0. The number of methoxy groups -OCH3 is 1. The monoisotopic (exact) mass is 170 g/mol. The number of ether oxygens (including phenoxy) is 1. The highest BCUT2D eigenvalue weighted by molar-refractivity contribution is 4.94. The molecule has 1 N–H and O–H groups in total. The third kappa shape index (κ3) is 2.64. The normalized spacial score (nSPS) is 13.2. The van der Waals surface area contributed by atoms with Crippen LogP contribution in [-0.2, 0) is 11.3 Å². The maximum atomic E-state index is 9.33. The number of aliphatic hydroxyl groups excluding tert-OH is 1. The van der Waals surface area contributed by atoms with E-state index >= 15 is 0 Å². The zero-order valence-electron chi connectivity index (χ0n) is 7.40. The maximum Gasteiger partial charge on any atom is 0.0968 e. The summed E-state index contributed by atoms with van der Waals surface area (Å²) in [6.45, 7) is 2.75. The van der Waals surface area contributed by atoms with Gasteiger partial charge in [-0.05, 0) is 13.0 Å². The topological polar surface area (TPSA) is 47.3 Å². The van der Waals surface area contributed by atoms with Crippen LogP contribution in [0.2, 0.25) is 0 Å². The predicted octanol–water partition coefficient (Wildman–Crippen LogP) is 0.199. The molecule has 1 aromatic rings. The fourth-order valence-electron chi connectivity index (χ4n) is 1.03. The van der Waals surface area contributed by atoms with E-state index in [9.17, 15) is 5.11 Å². The first-order valence-corrected chi connectivity index (χ1v) is 3.89. The van der Waals surface area contributed by atoms with Gasteiger partial charge in [0.2, 0.25) is 0 Å². The largest absolute Gasteiger partial charge is 0.389 e. The summed E-state index contributed by atoms with van der Waals surface area (Å²) in [5, 5.41) is 13.5. The minimum atomic E-state index is -0.478. The zero-order valence-corrected chi connectivity index (χ0v) is 7.40. The first-order valence-electron chi connectivity index (χ1n) is 3.89. The Hall–Kier alpha value is -0.870. The van der Waals surface area contributed by atoms with Crippen LogP contribution in [0, 0.1) is 6.92 Å². The van der Waals surface area contributed by atoms with Gasteiger partial charge in [0.15, 0.2) is 0 Å². The average Bonchev–Trinajstić information content (AvgIpc) is 2.36. The molecule has 4 nitrogen and oxygen atoms in total. The highest BCUT2D eigenvalue weighted by atomic mass is 16.5. The van der Waals surface area contributed by atoms with Crippen LogP contribution in [0.4, 0.5) is 0 Å². The molecule has 1 heterocycles. The number of hydrogen-bond acceptors (Lipinski definition) is 3. The van der Waals surface area contributed by atoms with Gasteiger partial charge in [0.1, 0.15) is 0 Å². The summed E-state index contributed by atoms with van der Waals surface area (Å²) in [5.41, 5.74) is 0.958. The van der Waals surface area contributed by atoms with E-state index in [1.165, 1.54) is 0 Å². The summed E-state index contributed by atoms with van der Waals surface area (Å²) < 4.78 is 6.50. The smallest absolute Gasteiger partial charge is 0.0968 e. The second-order valence-electron chi connectivity index (χ2n) is 2.79. The Balaban J connectivity index is 2.41. The van der Waals surface area contributed by atoms with Crippen LogP contribution in [0.15, 0.2) is 12.3 Å². The van der Waals surface area contributed by atoms with Gasteiger partial charge >= 0.3 is 0 Å². The highest BCUT2D eigenvalue weighted by Crippen LogP contribution is 1.95. The summed E-state index contributed by atoms with van der Waals surface area (Å²) in [7, 11) is 1.57. The quantitative estimate of drug-likeness (QED) is 0.702. The summed E-state index contributed by atoms with van der Waals surface area (Å²) in [6.07, 6.45) is 1.36. The van der Waals surface area contributed by atoms with Crippen molar-refractivity contribution >= 4 is 0 Å².